The molecule has 6 heteroatoms. The van der Waals surface area contributed by atoms with Gasteiger partial charge >= 0.3 is 5.97 Å². The Labute approximate surface area is 122 Å². The van der Waals surface area contributed by atoms with Crippen LogP contribution in [-0.2, 0) is 9.53 Å². The Morgan fingerprint density at radius 2 is 1.86 bits per heavy atom. The van der Waals surface area contributed by atoms with Gasteiger partial charge in [-0.3, -0.25) is 14.4 Å². The highest BCUT2D eigenvalue weighted by molar-refractivity contribution is 5.98. The van der Waals surface area contributed by atoms with Gasteiger partial charge in [-0.25, -0.2) is 0 Å². The lowest BCUT2D eigenvalue weighted by atomic mass is 9.93. The molecular weight excluding hydrogens is 274 g/mol. The molecule has 0 radical (unpaired) electrons. The minimum absolute atomic E-state index is 0.0755. The molecule has 112 valence electrons. The van der Waals surface area contributed by atoms with Crippen molar-refractivity contribution in [3.63, 3.8) is 0 Å². The van der Waals surface area contributed by atoms with Gasteiger partial charge in [-0.1, -0.05) is 12.1 Å². The third-order valence-corrected chi connectivity index (χ3v) is 3.53. The van der Waals surface area contributed by atoms with E-state index in [1.807, 2.05) is 0 Å². The van der Waals surface area contributed by atoms with Gasteiger partial charge < -0.3 is 15.2 Å². The molecule has 1 atom stereocenters. The number of carboxylic acids is 1. The van der Waals surface area contributed by atoms with Crippen molar-refractivity contribution in [1.82, 2.24) is 5.32 Å². The zero-order chi connectivity index (χ0) is 15.5. The van der Waals surface area contributed by atoms with Crippen molar-refractivity contribution in [3.05, 3.63) is 35.4 Å². The quantitative estimate of drug-likeness (QED) is 0.796. The van der Waals surface area contributed by atoms with Crippen LogP contribution < -0.4 is 5.32 Å². The minimum Gasteiger partial charge on any atom is -0.481 e. The van der Waals surface area contributed by atoms with Crippen LogP contribution in [0.5, 0.6) is 0 Å². The molecule has 0 aliphatic carbocycles. The molecule has 1 saturated heterocycles. The average Bonchev–Trinajstić information content (AvgIpc) is 2.86. The fraction of sp³-hybridized carbons (Fsp3) is 0.400. The van der Waals surface area contributed by atoms with Crippen molar-refractivity contribution in [3.8, 4) is 0 Å². The highest BCUT2D eigenvalue weighted by atomic mass is 16.5. The molecule has 0 aromatic heterocycles. The maximum atomic E-state index is 12.2. The molecule has 0 spiro atoms. The maximum Gasteiger partial charge on any atom is 0.305 e. The number of aliphatic carboxylic acids is 1. The number of rotatable bonds is 5. The smallest absolute Gasteiger partial charge is 0.305 e. The first kappa shape index (κ1) is 15.2. The van der Waals surface area contributed by atoms with Crippen LogP contribution in [0.3, 0.4) is 0 Å². The van der Waals surface area contributed by atoms with Gasteiger partial charge in [-0.05, 0) is 25.5 Å². The first-order valence-electron chi connectivity index (χ1n) is 6.65. The van der Waals surface area contributed by atoms with E-state index >= 15 is 0 Å². The van der Waals surface area contributed by atoms with E-state index in [9.17, 15) is 14.4 Å². The highest BCUT2D eigenvalue weighted by Gasteiger charge is 2.38. The zero-order valence-electron chi connectivity index (χ0n) is 11.7. The fourth-order valence-electron chi connectivity index (χ4n) is 2.35. The Balaban J connectivity index is 2.11. The number of amides is 1. The molecule has 1 heterocycles. The second-order valence-electron chi connectivity index (χ2n) is 5.24. The van der Waals surface area contributed by atoms with Crippen LogP contribution >= 0.6 is 0 Å². The molecule has 0 bridgehead atoms. The van der Waals surface area contributed by atoms with Crippen LogP contribution in [0.2, 0.25) is 0 Å². The molecule has 1 aromatic rings. The van der Waals surface area contributed by atoms with Gasteiger partial charge in [0.05, 0.1) is 18.6 Å². The summed E-state index contributed by atoms with van der Waals surface area (Å²) in [7, 11) is 0. The first-order valence-corrected chi connectivity index (χ1v) is 6.65. The third-order valence-electron chi connectivity index (χ3n) is 3.53. The number of Topliss-reactive ketones (excluding diaryl/α,β-unsaturated/α-hetero) is 1. The largest absolute Gasteiger partial charge is 0.481 e. The molecule has 1 aliphatic heterocycles. The van der Waals surface area contributed by atoms with E-state index in [0.29, 0.717) is 24.2 Å². The minimum atomic E-state index is -0.979. The average molecular weight is 291 g/mol. The van der Waals surface area contributed by atoms with Crippen LogP contribution in [0.4, 0.5) is 0 Å². The molecule has 0 saturated carbocycles. The van der Waals surface area contributed by atoms with Crippen molar-refractivity contribution < 1.29 is 24.2 Å². The Morgan fingerprint density at radius 1 is 1.24 bits per heavy atom. The van der Waals surface area contributed by atoms with Crippen molar-refractivity contribution >= 4 is 17.7 Å². The molecule has 1 aromatic carbocycles. The summed E-state index contributed by atoms with van der Waals surface area (Å²) in [4.78, 5) is 34.4. The van der Waals surface area contributed by atoms with Gasteiger partial charge in [0, 0.05) is 17.7 Å². The van der Waals surface area contributed by atoms with Gasteiger partial charge in [0.15, 0.2) is 5.78 Å². The summed E-state index contributed by atoms with van der Waals surface area (Å²) in [5.41, 5.74) is 0.0509. The summed E-state index contributed by atoms with van der Waals surface area (Å²) >= 11 is 0. The number of ether oxygens (including phenoxy) is 1. The maximum absolute atomic E-state index is 12.2. The van der Waals surface area contributed by atoms with Crippen LogP contribution in [-0.4, -0.2) is 41.5 Å². The summed E-state index contributed by atoms with van der Waals surface area (Å²) in [5.74, 6) is -1.42. The van der Waals surface area contributed by atoms with Crippen molar-refractivity contribution in [1.29, 1.82) is 0 Å². The van der Waals surface area contributed by atoms with Gasteiger partial charge in [0.2, 0.25) is 0 Å². The molecule has 21 heavy (non-hydrogen) atoms. The molecule has 1 unspecified atom stereocenters. The first-order chi connectivity index (χ1) is 9.92. The van der Waals surface area contributed by atoms with E-state index in [4.69, 9.17) is 9.84 Å². The van der Waals surface area contributed by atoms with Crippen molar-refractivity contribution in [2.24, 2.45) is 0 Å². The van der Waals surface area contributed by atoms with E-state index in [2.05, 4.69) is 5.32 Å². The number of carbonyl (C=O) groups excluding carboxylic acids is 2. The molecule has 2 N–H and O–H groups in total. The van der Waals surface area contributed by atoms with E-state index in [-0.39, 0.29) is 24.7 Å². The molecule has 1 aliphatic rings. The number of hydrogen-bond acceptors (Lipinski definition) is 4. The van der Waals surface area contributed by atoms with Gasteiger partial charge in [-0.15, -0.1) is 0 Å². The summed E-state index contributed by atoms with van der Waals surface area (Å²) in [6, 6.07) is 6.26. The monoisotopic (exact) mass is 291 g/mol. The normalized spacial score (nSPS) is 21.0. The summed E-state index contributed by atoms with van der Waals surface area (Å²) in [6.07, 6.45) is 0.292. The molecule has 1 fully saturated rings. The van der Waals surface area contributed by atoms with Crippen molar-refractivity contribution in [2.75, 3.05) is 13.2 Å². The number of carbonyl (C=O) groups is 3. The number of ketones is 1. The topological polar surface area (TPSA) is 92.7 Å². The second-order valence-corrected chi connectivity index (χ2v) is 5.24. The SMILES string of the molecule is CC(=O)c1ccc(C(=O)NC2(CC(=O)O)CCOC2)cc1. The predicted molar refractivity (Wildman–Crippen MR) is 74.3 cm³/mol. The number of benzene rings is 1. The summed E-state index contributed by atoms with van der Waals surface area (Å²) in [6.45, 7) is 2.07. The number of nitrogens with one attached hydrogen (secondary N) is 1. The van der Waals surface area contributed by atoms with Gasteiger partial charge in [-0.2, -0.15) is 0 Å². The van der Waals surface area contributed by atoms with Crippen molar-refractivity contribution in [2.45, 2.75) is 25.3 Å². The molecule has 6 nitrogen and oxygen atoms in total. The van der Waals surface area contributed by atoms with E-state index in [1.54, 1.807) is 24.3 Å². The van der Waals surface area contributed by atoms with Crippen LogP contribution in [0.25, 0.3) is 0 Å². The lowest BCUT2D eigenvalue weighted by Gasteiger charge is -2.27. The fourth-order valence-corrected chi connectivity index (χ4v) is 2.35. The Hall–Kier alpha value is -2.21. The Morgan fingerprint density at radius 3 is 2.33 bits per heavy atom. The molecular formula is C15H17NO5. The predicted octanol–water partition coefficient (Wildman–Crippen LogP) is 1.25. The number of carboxylic acid groups (broad SMARTS) is 1. The second kappa shape index (κ2) is 6.05. The van der Waals surface area contributed by atoms with Gasteiger partial charge in [0.1, 0.15) is 0 Å². The Kier molecular flexibility index (Phi) is 4.37. The zero-order valence-corrected chi connectivity index (χ0v) is 11.7. The van der Waals surface area contributed by atoms with E-state index < -0.39 is 11.5 Å². The summed E-state index contributed by atoms with van der Waals surface area (Å²) in [5, 5.41) is 11.7. The Bertz CT molecular complexity index is 558. The molecule has 2 rings (SSSR count). The lowest BCUT2D eigenvalue weighted by Crippen LogP contribution is -2.50. The lowest BCUT2D eigenvalue weighted by molar-refractivity contribution is -0.138. The third kappa shape index (κ3) is 3.66. The van der Waals surface area contributed by atoms with Gasteiger partial charge in [0.25, 0.3) is 5.91 Å². The van der Waals surface area contributed by atoms with Crippen LogP contribution in [0.15, 0.2) is 24.3 Å². The summed E-state index contributed by atoms with van der Waals surface area (Å²) < 4.78 is 5.23. The van der Waals surface area contributed by atoms with Crippen LogP contribution in [0, 0.1) is 0 Å². The van der Waals surface area contributed by atoms with Crippen LogP contribution in [0.1, 0.15) is 40.5 Å². The van der Waals surface area contributed by atoms with E-state index in [0.717, 1.165) is 0 Å². The number of hydrogen-bond donors (Lipinski definition) is 2. The molecule has 1 amide bonds. The standard InChI is InChI=1S/C15H17NO5/c1-10(17)11-2-4-12(5-3-11)14(20)16-15(8-13(18)19)6-7-21-9-15/h2-5H,6-9H2,1H3,(H,16,20)(H,18,19). The highest BCUT2D eigenvalue weighted by Crippen LogP contribution is 2.23. The van der Waals surface area contributed by atoms with E-state index in [1.165, 1.54) is 6.92 Å².